The van der Waals surface area contributed by atoms with Crippen LogP contribution in [0, 0.1) is 0 Å². The molecule has 0 aliphatic carbocycles. The van der Waals surface area contributed by atoms with E-state index in [4.69, 9.17) is 0 Å². The topological polar surface area (TPSA) is 22.0 Å². The second kappa shape index (κ2) is 5.17. The lowest BCUT2D eigenvalue weighted by molar-refractivity contribution is 0.496. The highest BCUT2D eigenvalue weighted by Gasteiger charge is 2.19. The summed E-state index contributed by atoms with van der Waals surface area (Å²) in [6, 6.07) is 4.01. The Bertz CT molecular complexity index is 415. The van der Waals surface area contributed by atoms with Gasteiger partial charge in [-0.2, -0.15) is 0 Å². The van der Waals surface area contributed by atoms with E-state index in [2.05, 4.69) is 49.7 Å². The largest absolute Gasteiger partial charge is 0.312 e. The van der Waals surface area contributed by atoms with Gasteiger partial charge in [0.1, 0.15) is 0 Å². The fraction of sp³-hybridized carbons (Fsp3) is 0.615. The monoisotopic (exact) mass is 285 g/mol. The summed E-state index contributed by atoms with van der Waals surface area (Å²) in [6.45, 7) is 9.32. The molecular weight excluding hydrogens is 266 g/mol. The maximum absolute atomic E-state index is 12.2. The molecule has 0 unspecified atom stereocenters. The van der Waals surface area contributed by atoms with Crippen LogP contribution in [0.1, 0.15) is 45.4 Å². The average Bonchev–Trinajstić information content (AvgIpc) is 2.19. The molecule has 0 aromatic carbocycles. The van der Waals surface area contributed by atoms with E-state index < -0.39 is 0 Å². The Labute approximate surface area is 106 Å². The zero-order chi connectivity index (χ0) is 12.3. The minimum atomic E-state index is 0.0131. The molecule has 0 amide bonds. The van der Waals surface area contributed by atoms with Crippen LogP contribution < -0.4 is 5.56 Å². The highest BCUT2D eigenvalue weighted by atomic mass is 79.9. The second-order valence-corrected chi connectivity index (χ2v) is 5.64. The number of hydrogen-bond acceptors (Lipinski definition) is 1. The van der Waals surface area contributed by atoms with E-state index in [9.17, 15) is 4.79 Å². The van der Waals surface area contributed by atoms with Gasteiger partial charge in [0.15, 0.2) is 0 Å². The molecule has 0 fully saturated rings. The van der Waals surface area contributed by atoms with Gasteiger partial charge in [-0.25, -0.2) is 0 Å². The highest BCUT2D eigenvalue weighted by Crippen LogP contribution is 2.21. The molecule has 1 aromatic heterocycles. The Kier molecular flexibility index (Phi) is 4.36. The Hall–Kier alpha value is -0.570. The lowest BCUT2D eigenvalue weighted by atomic mass is 9.90. The average molecular weight is 286 g/mol. The van der Waals surface area contributed by atoms with E-state index in [1.54, 1.807) is 0 Å². The van der Waals surface area contributed by atoms with Gasteiger partial charge >= 0.3 is 0 Å². The van der Waals surface area contributed by atoms with Crippen LogP contribution in [0.5, 0.6) is 0 Å². The summed E-state index contributed by atoms with van der Waals surface area (Å²) in [6.07, 6.45) is 0.981. The normalized spacial score (nSPS) is 11.8. The third kappa shape index (κ3) is 2.76. The molecule has 0 saturated heterocycles. The number of aromatic nitrogens is 1. The van der Waals surface area contributed by atoms with Gasteiger partial charge < -0.3 is 4.57 Å². The summed E-state index contributed by atoms with van der Waals surface area (Å²) in [4.78, 5) is 12.2. The van der Waals surface area contributed by atoms with Crippen LogP contribution in [0.25, 0.3) is 0 Å². The predicted molar refractivity (Wildman–Crippen MR) is 72.3 cm³/mol. The van der Waals surface area contributed by atoms with Crippen molar-refractivity contribution in [2.75, 3.05) is 0 Å². The summed E-state index contributed by atoms with van der Waals surface area (Å²) < 4.78 is 1.91. The van der Waals surface area contributed by atoms with E-state index in [0.29, 0.717) is 5.33 Å². The molecule has 3 heteroatoms. The Morgan fingerprint density at radius 1 is 1.31 bits per heavy atom. The van der Waals surface area contributed by atoms with E-state index in [-0.39, 0.29) is 11.0 Å². The van der Waals surface area contributed by atoms with Gasteiger partial charge in [0.2, 0.25) is 0 Å². The van der Waals surface area contributed by atoms with E-state index >= 15 is 0 Å². The Morgan fingerprint density at radius 3 is 2.38 bits per heavy atom. The maximum atomic E-state index is 12.2. The second-order valence-electron chi connectivity index (χ2n) is 5.08. The molecule has 0 saturated carbocycles. The molecule has 1 rings (SSSR count). The lowest BCUT2D eigenvalue weighted by Gasteiger charge is -2.24. The van der Waals surface area contributed by atoms with Gasteiger partial charge in [-0.05, 0) is 12.5 Å². The molecule has 0 spiro atoms. The summed E-state index contributed by atoms with van der Waals surface area (Å²) in [5.74, 6) is 0. The zero-order valence-corrected chi connectivity index (χ0v) is 12.1. The Balaban J connectivity index is 3.41. The van der Waals surface area contributed by atoms with Crippen molar-refractivity contribution < 1.29 is 0 Å². The smallest absolute Gasteiger partial charge is 0.254 e. The predicted octanol–water partition coefficient (Wildman–Crippen LogP) is 3.45. The molecule has 0 bridgehead atoms. The zero-order valence-electron chi connectivity index (χ0n) is 10.5. The van der Waals surface area contributed by atoms with Gasteiger partial charge in [-0.3, -0.25) is 4.79 Å². The standard InChI is InChI=1S/C13H20BrNO/c1-5-8-15-11(13(2,3)4)7-6-10(9-14)12(15)16/h6-7H,5,8-9H2,1-4H3. The third-order valence-corrected chi connectivity index (χ3v) is 3.22. The molecule has 0 N–H and O–H groups in total. The van der Waals surface area contributed by atoms with E-state index in [0.717, 1.165) is 24.2 Å². The van der Waals surface area contributed by atoms with Crippen molar-refractivity contribution in [1.82, 2.24) is 4.57 Å². The molecule has 0 radical (unpaired) electrons. The number of hydrogen-bond donors (Lipinski definition) is 0. The van der Waals surface area contributed by atoms with Crippen molar-refractivity contribution in [3.63, 3.8) is 0 Å². The van der Waals surface area contributed by atoms with Gasteiger partial charge in [-0.1, -0.05) is 49.7 Å². The fourth-order valence-electron chi connectivity index (χ4n) is 1.83. The first kappa shape index (κ1) is 13.5. The van der Waals surface area contributed by atoms with Gasteiger partial charge in [0.05, 0.1) is 0 Å². The molecule has 0 aliphatic heterocycles. The molecule has 1 aromatic rings. The van der Waals surface area contributed by atoms with Crippen LogP contribution in [0.4, 0.5) is 0 Å². The van der Waals surface area contributed by atoms with Crippen LogP contribution in [-0.4, -0.2) is 4.57 Å². The van der Waals surface area contributed by atoms with Crippen LogP contribution in [-0.2, 0) is 17.3 Å². The van der Waals surface area contributed by atoms with Crippen molar-refractivity contribution >= 4 is 15.9 Å². The summed E-state index contributed by atoms with van der Waals surface area (Å²) >= 11 is 3.36. The molecule has 90 valence electrons. The molecule has 16 heavy (non-hydrogen) atoms. The minimum Gasteiger partial charge on any atom is -0.312 e. The van der Waals surface area contributed by atoms with Gasteiger partial charge in [0.25, 0.3) is 5.56 Å². The number of nitrogens with zero attached hydrogens (tertiary/aromatic N) is 1. The van der Waals surface area contributed by atoms with Crippen LogP contribution in [0.2, 0.25) is 0 Å². The third-order valence-electron chi connectivity index (χ3n) is 2.61. The molecule has 1 heterocycles. The summed E-state index contributed by atoms with van der Waals surface area (Å²) in [5, 5.41) is 0.625. The number of pyridine rings is 1. The molecule has 2 nitrogen and oxygen atoms in total. The number of halogens is 1. The molecular formula is C13H20BrNO. The lowest BCUT2D eigenvalue weighted by Crippen LogP contribution is -2.31. The SMILES string of the molecule is CCCn1c(C(C)(C)C)ccc(CBr)c1=O. The first-order valence-corrected chi connectivity index (χ1v) is 6.83. The van der Waals surface area contributed by atoms with Crippen molar-refractivity contribution in [3.8, 4) is 0 Å². The fourth-order valence-corrected chi connectivity index (χ4v) is 2.25. The van der Waals surface area contributed by atoms with Gasteiger partial charge in [-0.15, -0.1) is 0 Å². The Morgan fingerprint density at radius 2 is 1.94 bits per heavy atom. The number of alkyl halides is 1. The highest BCUT2D eigenvalue weighted by molar-refractivity contribution is 9.08. The van der Waals surface area contributed by atoms with Crippen LogP contribution in [0.15, 0.2) is 16.9 Å². The van der Waals surface area contributed by atoms with Crippen LogP contribution in [0.3, 0.4) is 0 Å². The molecule has 0 atom stereocenters. The number of rotatable bonds is 3. The van der Waals surface area contributed by atoms with Crippen LogP contribution >= 0.6 is 15.9 Å². The minimum absolute atomic E-state index is 0.0131. The first-order valence-electron chi connectivity index (χ1n) is 5.71. The molecule has 0 aliphatic rings. The van der Waals surface area contributed by atoms with Crippen molar-refractivity contribution in [3.05, 3.63) is 33.7 Å². The summed E-state index contributed by atoms with van der Waals surface area (Å²) in [5.41, 5.74) is 2.11. The van der Waals surface area contributed by atoms with Crippen molar-refractivity contribution in [1.29, 1.82) is 0 Å². The van der Waals surface area contributed by atoms with E-state index in [1.807, 2.05) is 10.6 Å². The maximum Gasteiger partial charge on any atom is 0.254 e. The van der Waals surface area contributed by atoms with Gasteiger partial charge in [0, 0.05) is 28.5 Å². The van der Waals surface area contributed by atoms with Crippen molar-refractivity contribution in [2.45, 2.75) is 51.4 Å². The summed E-state index contributed by atoms with van der Waals surface area (Å²) in [7, 11) is 0. The van der Waals surface area contributed by atoms with E-state index in [1.165, 1.54) is 0 Å². The quantitative estimate of drug-likeness (QED) is 0.780. The van der Waals surface area contributed by atoms with Crippen molar-refractivity contribution in [2.24, 2.45) is 0 Å². The first-order chi connectivity index (χ1) is 7.41.